The van der Waals surface area contributed by atoms with Crippen molar-refractivity contribution in [2.45, 2.75) is 13.5 Å². The Bertz CT molecular complexity index is 994. The maximum atomic E-state index is 12.7. The number of aryl methyl sites for hydroxylation is 1. The van der Waals surface area contributed by atoms with Gasteiger partial charge in [-0.2, -0.15) is 0 Å². The van der Waals surface area contributed by atoms with Crippen molar-refractivity contribution in [1.29, 1.82) is 0 Å². The van der Waals surface area contributed by atoms with E-state index in [9.17, 15) is 9.59 Å². The van der Waals surface area contributed by atoms with Gasteiger partial charge in [-0.3, -0.25) is 14.2 Å². The quantitative estimate of drug-likeness (QED) is 0.771. The third kappa shape index (κ3) is 2.85. The molecule has 0 radical (unpaired) electrons. The molecule has 0 aliphatic heterocycles. The summed E-state index contributed by atoms with van der Waals surface area (Å²) in [5, 5.41) is 1.42. The number of nitrogens with zero attached hydrogens (tertiary/aromatic N) is 2. The summed E-state index contributed by atoms with van der Waals surface area (Å²) < 4.78 is 1.45. The molecule has 1 amide bonds. The highest BCUT2D eigenvalue weighted by Crippen LogP contribution is 2.26. The molecule has 0 saturated carbocycles. The van der Waals surface area contributed by atoms with Crippen LogP contribution in [0.15, 0.2) is 29.3 Å². The predicted molar refractivity (Wildman–Crippen MR) is 92.7 cm³/mol. The molecule has 0 bridgehead atoms. The number of fused-ring (bicyclic) bond motifs is 1. The van der Waals surface area contributed by atoms with Crippen LogP contribution in [-0.4, -0.2) is 15.5 Å². The Morgan fingerprint density at radius 2 is 2.13 bits per heavy atom. The molecular formula is C15H11Cl2N3O2S. The maximum Gasteiger partial charge on any atom is 0.262 e. The average molecular weight is 368 g/mol. The molecular weight excluding hydrogens is 357 g/mol. The Morgan fingerprint density at radius 3 is 2.78 bits per heavy atom. The van der Waals surface area contributed by atoms with E-state index in [4.69, 9.17) is 28.9 Å². The molecule has 3 aromatic rings. The SMILES string of the molecule is Cc1c(C(N)=O)sc2ncn(Cc3ccc(Cl)cc3Cl)c(=O)c12. The van der Waals surface area contributed by atoms with Crippen LogP contribution < -0.4 is 11.3 Å². The van der Waals surface area contributed by atoms with E-state index in [2.05, 4.69) is 4.98 Å². The molecule has 0 saturated heterocycles. The summed E-state index contributed by atoms with van der Waals surface area (Å²) in [6, 6.07) is 5.09. The highest BCUT2D eigenvalue weighted by Gasteiger charge is 2.17. The number of primary amides is 1. The Morgan fingerprint density at radius 1 is 1.39 bits per heavy atom. The van der Waals surface area contributed by atoms with Crippen LogP contribution in [0.3, 0.4) is 0 Å². The predicted octanol–water partition coefficient (Wildman–Crippen LogP) is 3.22. The zero-order chi connectivity index (χ0) is 16.7. The summed E-state index contributed by atoms with van der Waals surface area (Å²) >= 11 is 13.1. The summed E-state index contributed by atoms with van der Waals surface area (Å²) in [4.78, 5) is 29.2. The topological polar surface area (TPSA) is 78.0 Å². The van der Waals surface area contributed by atoms with E-state index in [0.29, 0.717) is 30.7 Å². The molecule has 2 heterocycles. The number of carbonyl (C=O) groups excluding carboxylic acids is 1. The van der Waals surface area contributed by atoms with Crippen LogP contribution in [0.2, 0.25) is 10.0 Å². The lowest BCUT2D eigenvalue weighted by molar-refractivity contribution is 0.100. The Hall–Kier alpha value is -1.89. The van der Waals surface area contributed by atoms with E-state index in [-0.39, 0.29) is 12.1 Å². The third-order valence-corrected chi connectivity index (χ3v) is 5.30. The molecule has 0 aliphatic carbocycles. The summed E-state index contributed by atoms with van der Waals surface area (Å²) in [7, 11) is 0. The number of halogens is 2. The van der Waals surface area contributed by atoms with E-state index >= 15 is 0 Å². The fourth-order valence-corrected chi connectivity index (χ4v) is 3.80. The number of benzene rings is 1. The van der Waals surface area contributed by atoms with Crippen LogP contribution in [0.5, 0.6) is 0 Å². The minimum Gasteiger partial charge on any atom is -0.365 e. The fourth-order valence-electron chi connectivity index (χ4n) is 2.34. The molecule has 5 nitrogen and oxygen atoms in total. The zero-order valence-electron chi connectivity index (χ0n) is 12.0. The van der Waals surface area contributed by atoms with E-state index in [1.54, 1.807) is 25.1 Å². The van der Waals surface area contributed by atoms with Crippen molar-refractivity contribution in [3.8, 4) is 0 Å². The van der Waals surface area contributed by atoms with E-state index in [0.717, 1.165) is 16.9 Å². The van der Waals surface area contributed by atoms with Gasteiger partial charge in [-0.15, -0.1) is 11.3 Å². The summed E-state index contributed by atoms with van der Waals surface area (Å²) in [5.74, 6) is -0.558. The molecule has 118 valence electrons. The van der Waals surface area contributed by atoms with Gasteiger partial charge in [0, 0.05) is 10.0 Å². The molecule has 2 aromatic heterocycles. The molecule has 2 N–H and O–H groups in total. The lowest BCUT2D eigenvalue weighted by Crippen LogP contribution is -2.21. The zero-order valence-corrected chi connectivity index (χ0v) is 14.3. The molecule has 3 rings (SSSR count). The lowest BCUT2D eigenvalue weighted by atomic mass is 10.2. The van der Waals surface area contributed by atoms with Gasteiger partial charge >= 0.3 is 0 Å². The number of rotatable bonds is 3. The number of hydrogen-bond acceptors (Lipinski definition) is 4. The van der Waals surface area contributed by atoms with Crippen LogP contribution in [0.25, 0.3) is 10.2 Å². The standard InChI is InChI=1S/C15H11Cl2N3O2S/c1-7-11-14(23-12(7)13(18)21)19-6-20(15(11)22)5-8-2-3-9(16)4-10(8)17/h2-4,6H,5H2,1H3,(H2,18,21). The van der Waals surface area contributed by atoms with Crippen molar-refractivity contribution in [1.82, 2.24) is 9.55 Å². The number of thiophene rings is 1. The molecule has 0 unspecified atom stereocenters. The van der Waals surface area contributed by atoms with Gasteiger partial charge in [0.1, 0.15) is 4.83 Å². The minimum absolute atomic E-state index is 0.234. The minimum atomic E-state index is -0.558. The Labute approximate surface area is 145 Å². The monoisotopic (exact) mass is 367 g/mol. The van der Waals surface area contributed by atoms with Gasteiger partial charge in [-0.05, 0) is 30.2 Å². The van der Waals surface area contributed by atoms with Crippen molar-refractivity contribution in [3.05, 3.63) is 60.9 Å². The van der Waals surface area contributed by atoms with Gasteiger partial charge < -0.3 is 5.73 Å². The van der Waals surface area contributed by atoms with Crippen LogP contribution in [-0.2, 0) is 6.54 Å². The van der Waals surface area contributed by atoms with Crippen molar-refractivity contribution in [3.63, 3.8) is 0 Å². The maximum absolute atomic E-state index is 12.7. The van der Waals surface area contributed by atoms with Crippen molar-refractivity contribution >= 4 is 50.7 Å². The van der Waals surface area contributed by atoms with Gasteiger partial charge in [0.05, 0.1) is 23.1 Å². The van der Waals surface area contributed by atoms with Crippen molar-refractivity contribution < 1.29 is 4.79 Å². The second-order valence-electron chi connectivity index (χ2n) is 5.01. The Balaban J connectivity index is 2.12. The highest BCUT2D eigenvalue weighted by atomic mass is 35.5. The smallest absolute Gasteiger partial charge is 0.262 e. The van der Waals surface area contributed by atoms with Gasteiger partial charge in [0.2, 0.25) is 0 Å². The molecule has 23 heavy (non-hydrogen) atoms. The summed E-state index contributed by atoms with van der Waals surface area (Å²) in [6.07, 6.45) is 1.44. The second-order valence-corrected chi connectivity index (χ2v) is 6.86. The second kappa shape index (κ2) is 5.96. The average Bonchev–Trinajstić information content (AvgIpc) is 2.82. The molecule has 1 aromatic carbocycles. The van der Waals surface area contributed by atoms with Crippen LogP contribution in [0.4, 0.5) is 0 Å². The number of hydrogen-bond donors (Lipinski definition) is 1. The lowest BCUT2D eigenvalue weighted by Gasteiger charge is -2.08. The van der Waals surface area contributed by atoms with Crippen LogP contribution in [0.1, 0.15) is 20.8 Å². The number of aromatic nitrogens is 2. The highest BCUT2D eigenvalue weighted by molar-refractivity contribution is 7.20. The number of amides is 1. The van der Waals surface area contributed by atoms with Gasteiger partial charge in [-0.1, -0.05) is 29.3 Å². The number of nitrogens with two attached hydrogens (primary N) is 1. The molecule has 8 heteroatoms. The third-order valence-electron chi connectivity index (χ3n) is 3.50. The largest absolute Gasteiger partial charge is 0.365 e. The molecule has 0 atom stereocenters. The normalized spacial score (nSPS) is 11.1. The van der Waals surface area contributed by atoms with Crippen LogP contribution >= 0.6 is 34.5 Å². The molecule has 0 fully saturated rings. The fraction of sp³-hybridized carbons (Fsp3) is 0.133. The van der Waals surface area contributed by atoms with Gasteiger partial charge in [0.25, 0.3) is 11.5 Å². The van der Waals surface area contributed by atoms with Crippen molar-refractivity contribution in [2.24, 2.45) is 5.73 Å². The van der Waals surface area contributed by atoms with E-state index < -0.39 is 5.91 Å². The first kappa shape index (κ1) is 16.0. The van der Waals surface area contributed by atoms with E-state index in [1.165, 1.54) is 10.9 Å². The van der Waals surface area contributed by atoms with Gasteiger partial charge in [-0.25, -0.2) is 4.98 Å². The Kier molecular flexibility index (Phi) is 4.14. The van der Waals surface area contributed by atoms with E-state index in [1.807, 2.05) is 0 Å². The first-order valence-electron chi connectivity index (χ1n) is 6.60. The van der Waals surface area contributed by atoms with Gasteiger partial charge in [0.15, 0.2) is 0 Å². The first-order chi connectivity index (χ1) is 10.9. The first-order valence-corrected chi connectivity index (χ1v) is 8.18. The van der Waals surface area contributed by atoms with Crippen molar-refractivity contribution in [2.75, 3.05) is 0 Å². The van der Waals surface area contributed by atoms with Crippen LogP contribution in [0, 0.1) is 6.92 Å². The molecule has 0 spiro atoms. The number of carbonyl (C=O) groups is 1. The summed E-state index contributed by atoms with van der Waals surface area (Å²) in [5.41, 5.74) is 6.41. The summed E-state index contributed by atoms with van der Waals surface area (Å²) in [6.45, 7) is 1.96. The molecule has 0 aliphatic rings.